The van der Waals surface area contributed by atoms with E-state index in [-0.39, 0.29) is 0 Å². The van der Waals surface area contributed by atoms with Crippen molar-refractivity contribution >= 4 is 39.0 Å². The third-order valence-electron chi connectivity index (χ3n) is 2.58. The minimum absolute atomic E-state index is 0.366. The van der Waals surface area contributed by atoms with E-state index in [9.17, 15) is 0 Å². The van der Waals surface area contributed by atoms with Gasteiger partial charge in [-0.15, -0.1) is 11.3 Å². The molecule has 0 spiro atoms. The van der Waals surface area contributed by atoms with Crippen LogP contribution in [0.1, 0.15) is 18.5 Å². The molecule has 0 bridgehead atoms. The molecule has 4 heteroatoms. The minimum atomic E-state index is 0.366. The molecule has 2 rings (SSSR count). The molecule has 1 unspecified atom stereocenters. The zero-order valence-corrected chi connectivity index (χ0v) is 13.0. The summed E-state index contributed by atoms with van der Waals surface area (Å²) in [5.74, 6) is 0. The van der Waals surface area contributed by atoms with Gasteiger partial charge in [0.05, 0.1) is 4.21 Å². The Morgan fingerprint density at radius 3 is 2.76 bits per heavy atom. The molecule has 2 aromatic rings. The van der Waals surface area contributed by atoms with Crippen LogP contribution in [0.25, 0.3) is 0 Å². The number of rotatable bonds is 4. The van der Waals surface area contributed by atoms with Gasteiger partial charge < -0.3 is 5.32 Å². The number of halogens is 1. The van der Waals surface area contributed by atoms with Crippen molar-refractivity contribution in [2.24, 2.45) is 0 Å². The van der Waals surface area contributed by atoms with Gasteiger partial charge in [-0.1, -0.05) is 39.8 Å². The van der Waals surface area contributed by atoms with Gasteiger partial charge in [0, 0.05) is 15.4 Å². The Hall–Kier alpha value is -0.290. The van der Waals surface area contributed by atoms with Crippen LogP contribution < -0.4 is 5.32 Å². The van der Waals surface area contributed by atoms with Gasteiger partial charge in [-0.3, -0.25) is 0 Å². The highest BCUT2D eigenvalue weighted by Gasteiger charge is 2.08. The van der Waals surface area contributed by atoms with Crippen molar-refractivity contribution in [1.82, 2.24) is 5.32 Å². The second kappa shape index (κ2) is 6.05. The number of benzene rings is 1. The van der Waals surface area contributed by atoms with Crippen molar-refractivity contribution in [3.8, 4) is 0 Å². The van der Waals surface area contributed by atoms with Crippen LogP contribution >= 0.6 is 39.0 Å². The lowest BCUT2D eigenvalue weighted by atomic mass is 10.1. The molecule has 1 atom stereocenters. The number of thiophene rings is 1. The quantitative estimate of drug-likeness (QED) is 0.853. The second-order valence-corrected chi connectivity index (χ2v) is 6.90. The molecule has 17 heavy (non-hydrogen) atoms. The third-order valence-corrected chi connectivity index (χ3v) is 5.30. The van der Waals surface area contributed by atoms with Gasteiger partial charge in [-0.25, -0.2) is 0 Å². The molecule has 0 aliphatic heterocycles. The molecular weight excluding hydrogens is 314 g/mol. The van der Waals surface area contributed by atoms with Gasteiger partial charge in [0.1, 0.15) is 0 Å². The van der Waals surface area contributed by atoms with Crippen molar-refractivity contribution < 1.29 is 0 Å². The van der Waals surface area contributed by atoms with E-state index in [0.29, 0.717) is 6.04 Å². The summed E-state index contributed by atoms with van der Waals surface area (Å²) >= 11 is 7.22. The first-order chi connectivity index (χ1) is 8.20. The van der Waals surface area contributed by atoms with Crippen molar-refractivity contribution in [2.45, 2.75) is 22.1 Å². The van der Waals surface area contributed by atoms with E-state index in [1.165, 1.54) is 19.1 Å². The van der Waals surface area contributed by atoms with E-state index >= 15 is 0 Å². The Labute approximate surface area is 119 Å². The van der Waals surface area contributed by atoms with Crippen LogP contribution in [0.2, 0.25) is 0 Å². The fourth-order valence-corrected chi connectivity index (χ4v) is 4.18. The maximum absolute atomic E-state index is 3.64. The molecule has 1 nitrogen and oxygen atoms in total. The zero-order valence-electron chi connectivity index (χ0n) is 9.74. The molecule has 1 heterocycles. The summed E-state index contributed by atoms with van der Waals surface area (Å²) < 4.78 is 2.49. The van der Waals surface area contributed by atoms with Crippen LogP contribution in [0, 0.1) is 0 Å². The molecular formula is C13H14BrNS2. The predicted molar refractivity (Wildman–Crippen MR) is 80.1 cm³/mol. The lowest BCUT2D eigenvalue weighted by Crippen LogP contribution is -2.12. The first-order valence-electron chi connectivity index (χ1n) is 5.39. The Kier molecular flexibility index (Phi) is 4.68. The van der Waals surface area contributed by atoms with E-state index in [4.69, 9.17) is 0 Å². The monoisotopic (exact) mass is 327 g/mol. The van der Waals surface area contributed by atoms with Gasteiger partial charge in [-0.2, -0.15) is 0 Å². The topological polar surface area (TPSA) is 12.0 Å². The SMILES string of the molecule is CNC(C)c1ccc(Sc2cccs2)cc1Br. The average Bonchev–Trinajstić information content (AvgIpc) is 2.81. The molecule has 90 valence electrons. The van der Waals surface area contributed by atoms with Gasteiger partial charge in [0.25, 0.3) is 0 Å². The number of nitrogens with one attached hydrogen (secondary N) is 1. The molecule has 1 aromatic heterocycles. The molecule has 0 radical (unpaired) electrons. The summed E-state index contributed by atoms with van der Waals surface area (Å²) in [6.07, 6.45) is 0. The molecule has 0 fully saturated rings. The highest BCUT2D eigenvalue weighted by molar-refractivity contribution is 9.10. The van der Waals surface area contributed by atoms with E-state index in [0.717, 1.165) is 0 Å². The third kappa shape index (κ3) is 3.35. The Morgan fingerprint density at radius 2 is 2.18 bits per heavy atom. The van der Waals surface area contributed by atoms with E-state index < -0.39 is 0 Å². The Balaban J connectivity index is 2.19. The molecule has 0 saturated carbocycles. The lowest BCUT2D eigenvalue weighted by molar-refractivity contribution is 0.649. The van der Waals surface area contributed by atoms with Gasteiger partial charge >= 0.3 is 0 Å². The van der Waals surface area contributed by atoms with Gasteiger partial charge in [0.2, 0.25) is 0 Å². The van der Waals surface area contributed by atoms with E-state index in [1.807, 2.05) is 7.05 Å². The molecule has 0 aliphatic carbocycles. The van der Waals surface area contributed by atoms with Crippen molar-refractivity contribution in [3.05, 3.63) is 45.7 Å². The Bertz CT molecular complexity index is 482. The Morgan fingerprint density at radius 1 is 1.35 bits per heavy atom. The first kappa shape index (κ1) is 13.1. The van der Waals surface area contributed by atoms with Gasteiger partial charge in [-0.05, 0) is 43.1 Å². The molecule has 0 aliphatic rings. The molecule has 1 N–H and O–H groups in total. The second-order valence-electron chi connectivity index (χ2n) is 3.73. The van der Waals surface area contributed by atoms with Crippen LogP contribution in [0.15, 0.2) is 49.3 Å². The maximum Gasteiger partial charge on any atom is 0.0646 e. The lowest BCUT2D eigenvalue weighted by Gasteiger charge is -2.13. The summed E-state index contributed by atoms with van der Waals surface area (Å²) in [5.41, 5.74) is 1.29. The highest BCUT2D eigenvalue weighted by atomic mass is 79.9. The van der Waals surface area contributed by atoms with Crippen LogP contribution in [0.3, 0.4) is 0 Å². The average molecular weight is 328 g/mol. The van der Waals surface area contributed by atoms with Crippen LogP contribution in [-0.2, 0) is 0 Å². The maximum atomic E-state index is 3.64. The summed E-state index contributed by atoms with van der Waals surface area (Å²) in [7, 11) is 1.98. The molecule has 0 amide bonds. The fourth-order valence-electron chi connectivity index (χ4n) is 1.52. The summed E-state index contributed by atoms with van der Waals surface area (Å²) in [6, 6.07) is 11.1. The zero-order chi connectivity index (χ0) is 12.3. The first-order valence-corrected chi connectivity index (χ1v) is 7.87. The summed E-state index contributed by atoms with van der Waals surface area (Å²) in [6.45, 7) is 2.16. The summed E-state index contributed by atoms with van der Waals surface area (Å²) in [5, 5.41) is 5.36. The highest BCUT2D eigenvalue weighted by Crippen LogP contribution is 2.34. The fraction of sp³-hybridized carbons (Fsp3) is 0.231. The summed E-state index contributed by atoms with van der Waals surface area (Å²) in [4.78, 5) is 1.27. The number of hydrogen-bond donors (Lipinski definition) is 1. The smallest absolute Gasteiger partial charge is 0.0646 e. The van der Waals surface area contributed by atoms with Crippen LogP contribution in [0.4, 0.5) is 0 Å². The van der Waals surface area contributed by atoms with Crippen molar-refractivity contribution in [2.75, 3.05) is 7.05 Å². The predicted octanol–water partition coefficient (Wildman–Crippen LogP) is 4.94. The van der Waals surface area contributed by atoms with E-state index in [2.05, 4.69) is 63.9 Å². The van der Waals surface area contributed by atoms with Crippen molar-refractivity contribution in [1.29, 1.82) is 0 Å². The standard InChI is InChI=1S/C13H14BrNS2/c1-9(15-2)11-6-5-10(8-12(11)14)17-13-4-3-7-16-13/h3-9,15H,1-2H3. The van der Waals surface area contributed by atoms with E-state index in [1.54, 1.807) is 23.1 Å². The van der Waals surface area contributed by atoms with Gasteiger partial charge in [0.15, 0.2) is 0 Å². The van der Waals surface area contributed by atoms with Crippen LogP contribution in [0.5, 0.6) is 0 Å². The molecule has 1 aromatic carbocycles. The minimum Gasteiger partial charge on any atom is -0.313 e. The van der Waals surface area contributed by atoms with Crippen molar-refractivity contribution in [3.63, 3.8) is 0 Å². The number of hydrogen-bond acceptors (Lipinski definition) is 3. The largest absolute Gasteiger partial charge is 0.313 e. The van der Waals surface area contributed by atoms with Crippen LogP contribution in [-0.4, -0.2) is 7.05 Å². The molecule has 0 saturated heterocycles. The normalized spacial score (nSPS) is 12.6.